The topological polar surface area (TPSA) is 66.8 Å². The lowest BCUT2D eigenvalue weighted by molar-refractivity contribution is 0.113. The molecule has 0 heterocycles. The van der Waals surface area contributed by atoms with E-state index in [-0.39, 0.29) is 12.4 Å². The number of hydrogen-bond donors (Lipinski definition) is 2. The van der Waals surface area contributed by atoms with E-state index in [4.69, 9.17) is 9.84 Å². The predicted molar refractivity (Wildman–Crippen MR) is 82.8 cm³/mol. The highest BCUT2D eigenvalue weighted by Crippen LogP contribution is 2.21. The Morgan fingerprint density at radius 3 is 2.24 bits per heavy atom. The van der Waals surface area contributed by atoms with Gasteiger partial charge in [-0.25, -0.2) is 0 Å². The normalized spacial score (nSPS) is 13.6. The number of aliphatic hydroxyl groups excluding tert-OH is 2. The van der Waals surface area contributed by atoms with Crippen LogP contribution in [0.1, 0.15) is 5.56 Å². The van der Waals surface area contributed by atoms with Crippen LogP contribution in [0.5, 0.6) is 11.5 Å². The first-order valence-corrected chi connectivity index (χ1v) is 8.12. The number of rotatable bonds is 7. The molecule has 2 rings (SSSR count). The largest absolute Gasteiger partial charge is 0.457 e. The van der Waals surface area contributed by atoms with Gasteiger partial charge in [0.15, 0.2) is 0 Å². The van der Waals surface area contributed by atoms with Crippen LogP contribution in [-0.2, 0) is 16.6 Å². The zero-order valence-corrected chi connectivity index (χ0v) is 12.3. The van der Waals surface area contributed by atoms with Gasteiger partial charge in [-0.05, 0) is 29.8 Å². The highest BCUT2D eigenvalue weighted by Gasteiger charge is 2.09. The Bertz CT molecular complexity index is 569. The maximum atomic E-state index is 11.8. The second-order valence-corrected chi connectivity index (χ2v) is 6.15. The van der Waals surface area contributed by atoms with E-state index in [2.05, 4.69) is 0 Å². The second kappa shape index (κ2) is 7.93. The SMILES string of the molecule is O=[S@@](Cc1ccc(Oc2ccccc2)cc1)C[C@H](O)CO. The maximum Gasteiger partial charge on any atom is 0.127 e. The molecule has 4 nitrogen and oxygen atoms in total. The summed E-state index contributed by atoms with van der Waals surface area (Å²) in [5, 5.41) is 18.0. The minimum absolute atomic E-state index is 0.0821. The molecule has 2 aromatic rings. The molecule has 0 bridgehead atoms. The predicted octanol–water partition coefficient (Wildman–Crippen LogP) is 2.08. The van der Waals surface area contributed by atoms with E-state index in [0.29, 0.717) is 11.5 Å². The van der Waals surface area contributed by atoms with Gasteiger partial charge in [0.2, 0.25) is 0 Å². The van der Waals surface area contributed by atoms with Crippen LogP contribution in [0.4, 0.5) is 0 Å². The average Bonchev–Trinajstić information content (AvgIpc) is 2.50. The van der Waals surface area contributed by atoms with Crippen LogP contribution in [0.2, 0.25) is 0 Å². The average molecular weight is 306 g/mol. The minimum atomic E-state index is -1.20. The number of hydrogen-bond acceptors (Lipinski definition) is 4. The van der Waals surface area contributed by atoms with Crippen LogP contribution in [-0.4, -0.2) is 32.9 Å². The van der Waals surface area contributed by atoms with Crippen molar-refractivity contribution in [3.63, 3.8) is 0 Å². The van der Waals surface area contributed by atoms with E-state index in [0.717, 1.165) is 11.3 Å². The molecule has 2 N–H and O–H groups in total. The summed E-state index contributed by atoms with van der Waals surface area (Å²) in [6, 6.07) is 16.8. The fraction of sp³-hybridized carbons (Fsp3) is 0.250. The molecule has 0 spiro atoms. The first-order chi connectivity index (χ1) is 10.2. The Hall–Kier alpha value is -1.69. The summed E-state index contributed by atoms with van der Waals surface area (Å²) in [4.78, 5) is 0. The Balaban J connectivity index is 1.91. The number of ether oxygens (including phenoxy) is 1. The van der Waals surface area contributed by atoms with E-state index >= 15 is 0 Å². The third-order valence-corrected chi connectivity index (χ3v) is 4.23. The molecule has 0 unspecified atom stereocenters. The van der Waals surface area contributed by atoms with Crippen molar-refractivity contribution in [2.45, 2.75) is 11.9 Å². The zero-order chi connectivity index (χ0) is 15.1. The van der Waals surface area contributed by atoms with E-state index in [9.17, 15) is 9.32 Å². The molecule has 0 aromatic heterocycles. The Kier molecular flexibility index (Phi) is 5.92. The Morgan fingerprint density at radius 2 is 1.62 bits per heavy atom. The molecule has 0 radical (unpaired) electrons. The van der Waals surface area contributed by atoms with Crippen molar-refractivity contribution in [3.05, 3.63) is 60.2 Å². The van der Waals surface area contributed by atoms with E-state index in [1.807, 2.05) is 54.6 Å². The fourth-order valence-corrected chi connectivity index (χ4v) is 3.01. The molecule has 0 saturated heterocycles. The van der Waals surface area contributed by atoms with Gasteiger partial charge in [-0.1, -0.05) is 30.3 Å². The Labute approximate surface area is 126 Å². The smallest absolute Gasteiger partial charge is 0.127 e. The third kappa shape index (κ3) is 5.30. The van der Waals surface area contributed by atoms with Crippen molar-refractivity contribution in [3.8, 4) is 11.5 Å². The summed E-state index contributed by atoms with van der Waals surface area (Å²) in [6.45, 7) is -0.365. The second-order valence-electron chi connectivity index (χ2n) is 4.65. The summed E-state index contributed by atoms with van der Waals surface area (Å²) in [7, 11) is -1.20. The molecule has 2 atom stereocenters. The first-order valence-electron chi connectivity index (χ1n) is 6.63. The van der Waals surface area contributed by atoms with E-state index in [1.165, 1.54) is 0 Å². The van der Waals surface area contributed by atoms with Crippen LogP contribution < -0.4 is 4.74 Å². The van der Waals surface area contributed by atoms with E-state index in [1.54, 1.807) is 0 Å². The number of benzene rings is 2. The summed E-state index contributed by atoms with van der Waals surface area (Å²) in [5.74, 6) is 1.91. The zero-order valence-electron chi connectivity index (χ0n) is 11.5. The molecular formula is C16H18O4S. The minimum Gasteiger partial charge on any atom is -0.457 e. The van der Waals surface area contributed by atoms with Gasteiger partial charge in [-0.3, -0.25) is 4.21 Å². The third-order valence-electron chi connectivity index (χ3n) is 2.82. The van der Waals surface area contributed by atoms with Crippen molar-refractivity contribution in [2.75, 3.05) is 12.4 Å². The molecule has 0 aliphatic rings. The lowest BCUT2D eigenvalue weighted by Gasteiger charge is -2.08. The van der Waals surface area contributed by atoms with Crippen molar-refractivity contribution in [1.82, 2.24) is 0 Å². The fourth-order valence-electron chi connectivity index (χ4n) is 1.79. The molecule has 112 valence electrons. The molecule has 21 heavy (non-hydrogen) atoms. The van der Waals surface area contributed by atoms with Gasteiger partial charge >= 0.3 is 0 Å². The van der Waals surface area contributed by atoms with E-state index < -0.39 is 16.9 Å². The van der Waals surface area contributed by atoms with Crippen LogP contribution in [0, 0.1) is 0 Å². The summed E-state index contributed by atoms with van der Waals surface area (Å²) in [6.07, 6.45) is -0.925. The van der Waals surface area contributed by atoms with Gasteiger partial charge in [0, 0.05) is 16.6 Å². The van der Waals surface area contributed by atoms with Gasteiger partial charge in [-0.2, -0.15) is 0 Å². The monoisotopic (exact) mass is 306 g/mol. The van der Waals surface area contributed by atoms with Crippen molar-refractivity contribution >= 4 is 10.8 Å². The molecule has 0 aliphatic carbocycles. The molecule has 0 aliphatic heterocycles. The molecule has 0 saturated carbocycles. The molecule has 2 aromatic carbocycles. The first kappa shape index (κ1) is 15.7. The quantitative estimate of drug-likeness (QED) is 0.822. The van der Waals surface area contributed by atoms with Crippen molar-refractivity contribution in [2.24, 2.45) is 0 Å². The highest BCUT2D eigenvalue weighted by molar-refractivity contribution is 7.84. The van der Waals surface area contributed by atoms with Gasteiger partial charge in [0.05, 0.1) is 18.5 Å². The lowest BCUT2D eigenvalue weighted by atomic mass is 10.2. The van der Waals surface area contributed by atoms with Gasteiger partial charge < -0.3 is 14.9 Å². The summed E-state index contributed by atoms with van der Waals surface area (Å²) in [5.41, 5.74) is 0.902. The van der Waals surface area contributed by atoms with Gasteiger partial charge in [-0.15, -0.1) is 0 Å². The highest BCUT2D eigenvalue weighted by atomic mass is 32.2. The lowest BCUT2D eigenvalue weighted by Crippen LogP contribution is -2.21. The van der Waals surface area contributed by atoms with Crippen molar-refractivity contribution < 1.29 is 19.2 Å². The Morgan fingerprint density at radius 1 is 1.00 bits per heavy atom. The van der Waals surface area contributed by atoms with Gasteiger partial charge in [0.25, 0.3) is 0 Å². The number of para-hydroxylation sites is 1. The summed E-state index contributed by atoms with van der Waals surface area (Å²) >= 11 is 0. The standard InChI is InChI=1S/C16H18O4S/c17-10-14(18)12-21(19)11-13-6-8-16(9-7-13)20-15-4-2-1-3-5-15/h1-9,14,17-18H,10-12H2/t14-,21+/m1/s1. The maximum absolute atomic E-state index is 11.8. The molecule has 0 amide bonds. The van der Waals surface area contributed by atoms with Gasteiger partial charge in [0.1, 0.15) is 11.5 Å². The van der Waals surface area contributed by atoms with Crippen LogP contribution in [0.15, 0.2) is 54.6 Å². The van der Waals surface area contributed by atoms with Crippen LogP contribution >= 0.6 is 0 Å². The number of aliphatic hydroxyl groups is 2. The molecular weight excluding hydrogens is 288 g/mol. The molecule has 0 fully saturated rings. The van der Waals surface area contributed by atoms with Crippen LogP contribution in [0.3, 0.4) is 0 Å². The van der Waals surface area contributed by atoms with Crippen molar-refractivity contribution in [1.29, 1.82) is 0 Å². The van der Waals surface area contributed by atoms with Crippen LogP contribution in [0.25, 0.3) is 0 Å². The summed E-state index contributed by atoms with van der Waals surface area (Å²) < 4.78 is 17.4. The molecule has 5 heteroatoms.